The van der Waals surface area contributed by atoms with Gasteiger partial charge in [-0.1, -0.05) is 17.7 Å². The van der Waals surface area contributed by atoms with E-state index in [4.69, 9.17) is 0 Å². The highest BCUT2D eigenvalue weighted by Gasteiger charge is 2.14. The SMILES string of the molecule is Cc1cc(C)c(-c2csc(NC(=O)c3ccc(F)c(F)c3)n2)c(C)c1. The largest absolute Gasteiger partial charge is 0.298 e. The number of aryl methyl sites for hydroxylation is 3. The smallest absolute Gasteiger partial charge is 0.257 e. The summed E-state index contributed by atoms with van der Waals surface area (Å²) < 4.78 is 26.2. The minimum absolute atomic E-state index is 0.0401. The molecule has 1 heterocycles. The van der Waals surface area contributed by atoms with Crippen molar-refractivity contribution < 1.29 is 13.6 Å². The zero-order chi connectivity index (χ0) is 18.1. The number of hydrogen-bond acceptors (Lipinski definition) is 3. The van der Waals surface area contributed by atoms with E-state index in [2.05, 4.69) is 22.4 Å². The summed E-state index contributed by atoms with van der Waals surface area (Å²) in [5.74, 6) is -2.58. The molecule has 0 aliphatic carbocycles. The van der Waals surface area contributed by atoms with Crippen molar-refractivity contribution in [3.63, 3.8) is 0 Å². The van der Waals surface area contributed by atoms with Gasteiger partial charge in [0.1, 0.15) is 0 Å². The third kappa shape index (κ3) is 3.58. The Morgan fingerprint density at radius 3 is 2.36 bits per heavy atom. The lowest BCUT2D eigenvalue weighted by atomic mass is 9.98. The van der Waals surface area contributed by atoms with Gasteiger partial charge in [0.05, 0.1) is 5.69 Å². The van der Waals surface area contributed by atoms with Crippen molar-refractivity contribution in [3.8, 4) is 11.3 Å². The van der Waals surface area contributed by atoms with Crippen molar-refractivity contribution in [3.05, 3.63) is 69.6 Å². The zero-order valence-electron chi connectivity index (χ0n) is 14.0. The lowest BCUT2D eigenvalue weighted by Gasteiger charge is -2.08. The van der Waals surface area contributed by atoms with Crippen molar-refractivity contribution >= 4 is 22.4 Å². The number of benzene rings is 2. The molecule has 0 saturated heterocycles. The van der Waals surface area contributed by atoms with Crippen molar-refractivity contribution in [1.29, 1.82) is 0 Å². The fourth-order valence-electron chi connectivity index (χ4n) is 2.84. The van der Waals surface area contributed by atoms with E-state index in [9.17, 15) is 13.6 Å². The molecule has 3 nitrogen and oxygen atoms in total. The van der Waals surface area contributed by atoms with Crippen LogP contribution in [0, 0.1) is 32.4 Å². The summed E-state index contributed by atoms with van der Waals surface area (Å²) in [4.78, 5) is 16.6. The van der Waals surface area contributed by atoms with Crippen molar-refractivity contribution in [2.24, 2.45) is 0 Å². The quantitative estimate of drug-likeness (QED) is 0.693. The van der Waals surface area contributed by atoms with Crippen LogP contribution < -0.4 is 5.32 Å². The van der Waals surface area contributed by atoms with E-state index in [1.807, 2.05) is 26.2 Å². The zero-order valence-corrected chi connectivity index (χ0v) is 14.8. The highest BCUT2D eigenvalue weighted by atomic mass is 32.1. The summed E-state index contributed by atoms with van der Waals surface area (Å²) in [7, 11) is 0. The minimum atomic E-state index is -1.06. The van der Waals surface area contributed by atoms with Gasteiger partial charge in [-0.25, -0.2) is 13.8 Å². The normalized spacial score (nSPS) is 10.8. The van der Waals surface area contributed by atoms with Gasteiger partial charge >= 0.3 is 0 Å². The Balaban J connectivity index is 1.85. The summed E-state index contributed by atoms with van der Waals surface area (Å²) >= 11 is 1.29. The minimum Gasteiger partial charge on any atom is -0.298 e. The average molecular weight is 358 g/mol. The second kappa shape index (κ2) is 6.72. The molecule has 1 amide bonds. The van der Waals surface area contributed by atoms with Crippen molar-refractivity contribution in [1.82, 2.24) is 4.98 Å². The van der Waals surface area contributed by atoms with Crippen molar-refractivity contribution in [2.45, 2.75) is 20.8 Å². The second-order valence-corrected chi connectivity index (χ2v) is 6.75. The maximum absolute atomic E-state index is 13.3. The molecular formula is C19H16F2N2OS. The number of nitrogens with zero attached hydrogens (tertiary/aromatic N) is 1. The predicted molar refractivity (Wildman–Crippen MR) is 96.1 cm³/mol. The fraction of sp³-hybridized carbons (Fsp3) is 0.158. The van der Waals surface area contributed by atoms with Gasteiger partial charge in [-0.3, -0.25) is 10.1 Å². The van der Waals surface area contributed by atoms with E-state index in [1.165, 1.54) is 23.0 Å². The Kier molecular flexibility index (Phi) is 4.63. The second-order valence-electron chi connectivity index (χ2n) is 5.89. The molecule has 3 aromatic rings. The van der Waals surface area contributed by atoms with Crippen LogP contribution in [0.15, 0.2) is 35.7 Å². The first-order chi connectivity index (χ1) is 11.8. The molecule has 128 valence electrons. The van der Waals surface area contributed by atoms with Crippen LogP contribution in [0.1, 0.15) is 27.0 Å². The number of aromatic nitrogens is 1. The highest BCUT2D eigenvalue weighted by Crippen LogP contribution is 2.31. The van der Waals surface area contributed by atoms with Gasteiger partial charge in [0, 0.05) is 16.5 Å². The monoisotopic (exact) mass is 358 g/mol. The third-order valence-corrected chi connectivity index (χ3v) is 4.60. The molecule has 0 saturated carbocycles. The first kappa shape index (κ1) is 17.2. The maximum atomic E-state index is 13.3. The Hall–Kier alpha value is -2.60. The fourth-order valence-corrected chi connectivity index (χ4v) is 3.53. The van der Waals surface area contributed by atoms with Gasteiger partial charge in [0.25, 0.3) is 5.91 Å². The summed E-state index contributed by atoms with van der Waals surface area (Å²) in [5.41, 5.74) is 5.26. The van der Waals surface area contributed by atoms with Gasteiger partial charge in [0.15, 0.2) is 16.8 Å². The molecule has 0 atom stereocenters. The Bertz CT molecular complexity index is 943. The molecule has 3 rings (SSSR count). The van der Waals surface area contributed by atoms with Crippen LogP contribution in [-0.4, -0.2) is 10.9 Å². The van der Waals surface area contributed by atoms with Crippen LogP contribution in [-0.2, 0) is 0 Å². The van der Waals surface area contributed by atoms with Crippen LogP contribution in [0.25, 0.3) is 11.3 Å². The molecule has 0 radical (unpaired) electrons. The third-order valence-electron chi connectivity index (χ3n) is 3.84. The van der Waals surface area contributed by atoms with Crippen LogP contribution in [0.2, 0.25) is 0 Å². The molecule has 6 heteroatoms. The lowest BCUT2D eigenvalue weighted by molar-refractivity contribution is 0.102. The average Bonchev–Trinajstić information content (AvgIpc) is 2.97. The molecule has 0 spiro atoms. The summed E-state index contributed by atoms with van der Waals surface area (Å²) in [6.07, 6.45) is 0. The molecule has 0 bridgehead atoms. The standard InChI is InChI=1S/C19H16F2N2OS/c1-10-6-11(2)17(12(3)7-10)16-9-25-19(22-16)23-18(24)13-4-5-14(20)15(21)8-13/h4-9H,1-3H3,(H,22,23,24). The van der Waals surface area contributed by atoms with Crippen LogP contribution >= 0.6 is 11.3 Å². The number of hydrogen-bond donors (Lipinski definition) is 1. The van der Waals surface area contributed by atoms with Crippen molar-refractivity contribution in [2.75, 3.05) is 5.32 Å². The van der Waals surface area contributed by atoms with E-state index >= 15 is 0 Å². The number of amides is 1. The molecule has 0 aliphatic heterocycles. The number of anilines is 1. The van der Waals surface area contributed by atoms with E-state index in [1.54, 1.807) is 0 Å². The van der Waals surface area contributed by atoms with Crippen LogP contribution in [0.4, 0.5) is 13.9 Å². The number of carbonyl (C=O) groups is 1. The van der Waals surface area contributed by atoms with E-state index in [0.29, 0.717) is 5.13 Å². The Morgan fingerprint density at radius 1 is 1.04 bits per heavy atom. The van der Waals surface area contributed by atoms with Crippen LogP contribution in [0.3, 0.4) is 0 Å². The number of nitrogens with one attached hydrogen (secondary N) is 1. The molecule has 2 aromatic carbocycles. The van der Waals surface area contributed by atoms with E-state index in [0.717, 1.165) is 34.5 Å². The number of carbonyl (C=O) groups excluding carboxylic acids is 1. The molecule has 0 unspecified atom stereocenters. The van der Waals surface area contributed by atoms with Gasteiger partial charge in [-0.15, -0.1) is 11.3 Å². The summed E-state index contributed by atoms with van der Waals surface area (Å²) in [5, 5.41) is 4.90. The molecule has 1 aromatic heterocycles. The van der Waals surface area contributed by atoms with Gasteiger partial charge in [-0.05, 0) is 50.1 Å². The number of halogens is 2. The highest BCUT2D eigenvalue weighted by molar-refractivity contribution is 7.14. The topological polar surface area (TPSA) is 42.0 Å². The maximum Gasteiger partial charge on any atom is 0.257 e. The molecule has 0 aliphatic rings. The van der Waals surface area contributed by atoms with Gasteiger partial charge in [-0.2, -0.15) is 0 Å². The molecule has 0 fully saturated rings. The first-order valence-electron chi connectivity index (χ1n) is 7.65. The summed E-state index contributed by atoms with van der Waals surface area (Å²) in [6.45, 7) is 6.08. The van der Waals surface area contributed by atoms with E-state index in [-0.39, 0.29) is 5.56 Å². The number of thiazole rings is 1. The molecule has 25 heavy (non-hydrogen) atoms. The Morgan fingerprint density at radius 2 is 1.72 bits per heavy atom. The first-order valence-corrected chi connectivity index (χ1v) is 8.53. The van der Waals surface area contributed by atoms with Gasteiger partial charge in [0.2, 0.25) is 0 Å². The number of rotatable bonds is 3. The Labute approximate surface area is 148 Å². The van der Waals surface area contributed by atoms with Crippen LogP contribution in [0.5, 0.6) is 0 Å². The molecule has 1 N–H and O–H groups in total. The lowest BCUT2D eigenvalue weighted by Crippen LogP contribution is -2.12. The van der Waals surface area contributed by atoms with E-state index < -0.39 is 17.5 Å². The molecular weight excluding hydrogens is 342 g/mol. The summed E-state index contributed by atoms with van der Waals surface area (Å²) in [6, 6.07) is 7.20. The van der Waals surface area contributed by atoms with Gasteiger partial charge < -0.3 is 0 Å². The predicted octanol–water partition coefficient (Wildman–Crippen LogP) is 5.27.